The van der Waals surface area contributed by atoms with Gasteiger partial charge in [0.2, 0.25) is 0 Å². The molecule has 0 spiro atoms. The molecule has 2 rings (SSSR count). The first-order valence-electron chi connectivity index (χ1n) is 6.56. The molecule has 0 amide bonds. The Kier molecular flexibility index (Phi) is 4.59. The predicted octanol–water partition coefficient (Wildman–Crippen LogP) is 3.70. The molecule has 0 saturated carbocycles. The molecule has 1 aromatic heterocycles. The van der Waals surface area contributed by atoms with Gasteiger partial charge in [0, 0.05) is 19.0 Å². The number of nitrogens with one attached hydrogen (secondary N) is 1. The summed E-state index contributed by atoms with van der Waals surface area (Å²) in [5.41, 5.74) is 2.73. The zero-order valence-electron chi connectivity index (χ0n) is 11.1. The molecule has 1 heterocycles. The first-order chi connectivity index (χ1) is 8.75. The summed E-state index contributed by atoms with van der Waals surface area (Å²) in [6.07, 6.45) is 3.83. The van der Waals surface area contributed by atoms with Gasteiger partial charge in [-0.05, 0) is 43.5 Å². The van der Waals surface area contributed by atoms with Gasteiger partial charge in [0.05, 0.1) is 6.26 Å². The van der Waals surface area contributed by atoms with Crippen LogP contribution in [0.25, 0.3) is 0 Å². The molecule has 2 aromatic rings. The van der Waals surface area contributed by atoms with E-state index >= 15 is 0 Å². The Morgan fingerprint density at radius 2 is 2.00 bits per heavy atom. The van der Waals surface area contributed by atoms with Gasteiger partial charge in [0.1, 0.15) is 5.76 Å². The maximum atomic E-state index is 5.34. The minimum atomic E-state index is 0.495. The highest BCUT2D eigenvalue weighted by atomic mass is 16.3. The van der Waals surface area contributed by atoms with E-state index in [9.17, 15) is 0 Å². The largest absolute Gasteiger partial charge is 0.469 e. The maximum Gasteiger partial charge on any atom is 0.103 e. The van der Waals surface area contributed by atoms with Crippen LogP contribution < -0.4 is 5.32 Å². The Balaban J connectivity index is 1.75. The molecular formula is C16H21NO. The topological polar surface area (TPSA) is 25.2 Å². The Labute approximate surface area is 109 Å². The van der Waals surface area contributed by atoms with Crippen molar-refractivity contribution in [2.75, 3.05) is 0 Å². The van der Waals surface area contributed by atoms with E-state index in [0.29, 0.717) is 6.04 Å². The standard InChI is InChI=1S/C16H21NO/c1-13-6-3-4-7-15(13)12-17-14(2)9-10-16-8-5-11-18-16/h3-8,11,14,17H,9-10,12H2,1-2H3/t14-/m0/s1. The molecule has 1 aromatic carbocycles. The fourth-order valence-electron chi connectivity index (χ4n) is 2.01. The van der Waals surface area contributed by atoms with Gasteiger partial charge in [-0.3, -0.25) is 0 Å². The van der Waals surface area contributed by atoms with Crippen LogP contribution in [-0.2, 0) is 13.0 Å². The zero-order valence-corrected chi connectivity index (χ0v) is 11.1. The second kappa shape index (κ2) is 6.41. The molecule has 2 heteroatoms. The van der Waals surface area contributed by atoms with E-state index in [2.05, 4.69) is 43.4 Å². The van der Waals surface area contributed by atoms with Gasteiger partial charge in [-0.1, -0.05) is 24.3 Å². The third kappa shape index (κ3) is 3.74. The molecule has 0 aliphatic carbocycles. The van der Waals surface area contributed by atoms with Crippen molar-refractivity contribution in [3.8, 4) is 0 Å². The van der Waals surface area contributed by atoms with E-state index < -0.39 is 0 Å². The SMILES string of the molecule is Cc1ccccc1CN[C@@H](C)CCc1ccco1. The lowest BCUT2D eigenvalue weighted by Gasteiger charge is -2.14. The Hall–Kier alpha value is -1.54. The average Bonchev–Trinajstić information content (AvgIpc) is 2.88. The quantitative estimate of drug-likeness (QED) is 0.837. The highest BCUT2D eigenvalue weighted by Gasteiger charge is 2.04. The molecular weight excluding hydrogens is 222 g/mol. The highest BCUT2D eigenvalue weighted by Crippen LogP contribution is 2.09. The van der Waals surface area contributed by atoms with Gasteiger partial charge in [-0.25, -0.2) is 0 Å². The van der Waals surface area contributed by atoms with E-state index in [0.717, 1.165) is 25.1 Å². The van der Waals surface area contributed by atoms with Crippen molar-refractivity contribution in [3.05, 3.63) is 59.5 Å². The maximum absolute atomic E-state index is 5.34. The van der Waals surface area contributed by atoms with Crippen molar-refractivity contribution in [2.24, 2.45) is 0 Å². The molecule has 0 fully saturated rings. The van der Waals surface area contributed by atoms with Crippen molar-refractivity contribution >= 4 is 0 Å². The first kappa shape index (κ1) is 12.9. The zero-order chi connectivity index (χ0) is 12.8. The number of rotatable bonds is 6. The summed E-state index contributed by atoms with van der Waals surface area (Å²) >= 11 is 0. The summed E-state index contributed by atoms with van der Waals surface area (Å²) in [5, 5.41) is 3.56. The van der Waals surface area contributed by atoms with E-state index in [1.807, 2.05) is 12.1 Å². The summed E-state index contributed by atoms with van der Waals surface area (Å²) in [6, 6.07) is 13.0. The summed E-state index contributed by atoms with van der Waals surface area (Å²) in [6.45, 7) is 5.32. The fraction of sp³-hybridized carbons (Fsp3) is 0.375. The Morgan fingerprint density at radius 1 is 1.17 bits per heavy atom. The number of hydrogen-bond donors (Lipinski definition) is 1. The van der Waals surface area contributed by atoms with Crippen LogP contribution in [0.3, 0.4) is 0 Å². The van der Waals surface area contributed by atoms with Gasteiger partial charge in [0.25, 0.3) is 0 Å². The van der Waals surface area contributed by atoms with Crippen molar-refractivity contribution in [1.82, 2.24) is 5.32 Å². The molecule has 1 atom stereocenters. The van der Waals surface area contributed by atoms with Crippen LogP contribution in [0.2, 0.25) is 0 Å². The molecule has 18 heavy (non-hydrogen) atoms. The summed E-state index contributed by atoms with van der Waals surface area (Å²) in [4.78, 5) is 0. The molecule has 0 aliphatic heterocycles. The van der Waals surface area contributed by atoms with Crippen LogP contribution in [0.1, 0.15) is 30.2 Å². The highest BCUT2D eigenvalue weighted by molar-refractivity contribution is 5.25. The Bertz CT molecular complexity index is 462. The second-order valence-corrected chi connectivity index (χ2v) is 4.83. The van der Waals surface area contributed by atoms with E-state index in [1.54, 1.807) is 6.26 Å². The van der Waals surface area contributed by atoms with Crippen LogP contribution in [0, 0.1) is 6.92 Å². The Morgan fingerprint density at radius 3 is 2.72 bits per heavy atom. The third-order valence-corrected chi connectivity index (χ3v) is 3.31. The van der Waals surface area contributed by atoms with E-state index in [1.165, 1.54) is 11.1 Å². The van der Waals surface area contributed by atoms with Crippen LogP contribution >= 0.6 is 0 Å². The lowest BCUT2D eigenvalue weighted by atomic mass is 10.1. The van der Waals surface area contributed by atoms with Gasteiger partial charge in [-0.2, -0.15) is 0 Å². The van der Waals surface area contributed by atoms with Gasteiger partial charge >= 0.3 is 0 Å². The normalized spacial score (nSPS) is 12.6. The summed E-state index contributed by atoms with van der Waals surface area (Å²) < 4.78 is 5.34. The van der Waals surface area contributed by atoms with Crippen molar-refractivity contribution < 1.29 is 4.42 Å². The summed E-state index contributed by atoms with van der Waals surface area (Å²) in [5.74, 6) is 1.07. The van der Waals surface area contributed by atoms with Crippen molar-refractivity contribution in [2.45, 2.75) is 39.3 Å². The molecule has 0 saturated heterocycles. The molecule has 0 bridgehead atoms. The monoisotopic (exact) mass is 243 g/mol. The molecule has 2 nitrogen and oxygen atoms in total. The smallest absolute Gasteiger partial charge is 0.103 e. The van der Waals surface area contributed by atoms with Crippen LogP contribution in [-0.4, -0.2) is 6.04 Å². The first-order valence-corrected chi connectivity index (χ1v) is 6.56. The van der Waals surface area contributed by atoms with E-state index in [-0.39, 0.29) is 0 Å². The molecule has 96 valence electrons. The van der Waals surface area contributed by atoms with Crippen LogP contribution in [0.4, 0.5) is 0 Å². The average molecular weight is 243 g/mol. The minimum Gasteiger partial charge on any atom is -0.469 e. The lowest BCUT2D eigenvalue weighted by molar-refractivity contribution is 0.459. The summed E-state index contributed by atoms with van der Waals surface area (Å²) in [7, 11) is 0. The van der Waals surface area contributed by atoms with E-state index in [4.69, 9.17) is 4.42 Å². The molecule has 1 N–H and O–H groups in total. The van der Waals surface area contributed by atoms with Crippen LogP contribution in [0.5, 0.6) is 0 Å². The molecule has 0 radical (unpaired) electrons. The van der Waals surface area contributed by atoms with Gasteiger partial charge < -0.3 is 9.73 Å². The number of hydrogen-bond acceptors (Lipinski definition) is 2. The van der Waals surface area contributed by atoms with Crippen molar-refractivity contribution in [3.63, 3.8) is 0 Å². The lowest BCUT2D eigenvalue weighted by Crippen LogP contribution is -2.26. The third-order valence-electron chi connectivity index (χ3n) is 3.31. The van der Waals surface area contributed by atoms with Gasteiger partial charge in [0.15, 0.2) is 0 Å². The second-order valence-electron chi connectivity index (χ2n) is 4.83. The molecule has 0 unspecified atom stereocenters. The predicted molar refractivity (Wildman–Crippen MR) is 74.5 cm³/mol. The van der Waals surface area contributed by atoms with Crippen LogP contribution in [0.15, 0.2) is 47.1 Å². The minimum absolute atomic E-state index is 0.495. The number of benzene rings is 1. The number of aryl methyl sites for hydroxylation is 2. The van der Waals surface area contributed by atoms with Crippen molar-refractivity contribution in [1.29, 1.82) is 0 Å². The molecule has 0 aliphatic rings. The number of furan rings is 1. The fourth-order valence-corrected chi connectivity index (χ4v) is 2.01. The van der Waals surface area contributed by atoms with Gasteiger partial charge in [-0.15, -0.1) is 0 Å².